The van der Waals surface area contributed by atoms with E-state index in [-0.39, 0.29) is 0 Å². The van der Waals surface area contributed by atoms with Crippen molar-refractivity contribution in [1.29, 1.82) is 0 Å². The van der Waals surface area contributed by atoms with Crippen molar-refractivity contribution in [2.75, 3.05) is 21.3 Å². The van der Waals surface area contributed by atoms with Crippen molar-refractivity contribution in [1.82, 2.24) is 20.2 Å². The number of nitrogens with one attached hydrogen (secondary N) is 1. The van der Waals surface area contributed by atoms with Crippen LogP contribution in [0.3, 0.4) is 0 Å². The average Bonchev–Trinajstić information content (AvgIpc) is 3.44. The lowest BCUT2D eigenvalue weighted by atomic mass is 10.1. The molecule has 4 aromatic rings. The highest BCUT2D eigenvalue weighted by Crippen LogP contribution is 2.41. The van der Waals surface area contributed by atoms with Crippen LogP contribution in [-0.4, -0.2) is 41.5 Å². The zero-order valence-corrected chi connectivity index (χ0v) is 19.2. The van der Waals surface area contributed by atoms with Gasteiger partial charge in [0.05, 0.1) is 32.8 Å². The highest BCUT2D eigenvalue weighted by molar-refractivity contribution is 7.98. The third-order valence-corrected chi connectivity index (χ3v) is 5.75. The van der Waals surface area contributed by atoms with Gasteiger partial charge in [-0.05, 0) is 24.6 Å². The lowest BCUT2D eigenvalue weighted by Crippen LogP contribution is -1.95. The molecule has 166 valence electrons. The molecule has 0 aliphatic heterocycles. The van der Waals surface area contributed by atoms with Gasteiger partial charge in [0.15, 0.2) is 16.7 Å². The van der Waals surface area contributed by atoms with Crippen LogP contribution in [0.15, 0.2) is 52.0 Å². The Morgan fingerprint density at radius 2 is 1.69 bits per heavy atom. The summed E-state index contributed by atoms with van der Waals surface area (Å²) in [6.45, 7) is 2.03. The molecule has 1 N–H and O–H groups in total. The minimum absolute atomic E-state index is 0.375. The van der Waals surface area contributed by atoms with E-state index in [1.165, 1.54) is 17.3 Å². The molecule has 0 radical (unpaired) electrons. The van der Waals surface area contributed by atoms with E-state index in [1.54, 1.807) is 33.5 Å². The van der Waals surface area contributed by atoms with Gasteiger partial charge in [0.1, 0.15) is 0 Å². The number of H-pyrrole nitrogens is 1. The molecule has 0 amide bonds. The van der Waals surface area contributed by atoms with Gasteiger partial charge in [-0.2, -0.15) is 0 Å². The van der Waals surface area contributed by atoms with E-state index in [0.717, 1.165) is 23.0 Å². The molecule has 2 aromatic heterocycles. The SMILES string of the molecule is COc1cc(-c2nnc(CSc3nc(Cc4ccccc4)c(C)[nH]3)o2)cc(OC)c1OC. The monoisotopic (exact) mass is 452 g/mol. The number of aromatic amines is 1. The van der Waals surface area contributed by atoms with Gasteiger partial charge in [0.25, 0.3) is 0 Å². The fraction of sp³-hybridized carbons (Fsp3) is 0.261. The fourth-order valence-corrected chi connectivity index (χ4v) is 4.04. The molecule has 2 aromatic carbocycles. The highest BCUT2D eigenvalue weighted by atomic mass is 32.2. The lowest BCUT2D eigenvalue weighted by molar-refractivity contribution is 0.324. The minimum atomic E-state index is 0.375. The normalized spacial score (nSPS) is 10.9. The highest BCUT2D eigenvalue weighted by Gasteiger charge is 2.18. The first kappa shape index (κ1) is 21.8. The number of hydrogen-bond acceptors (Lipinski definition) is 8. The number of aryl methyl sites for hydroxylation is 1. The van der Waals surface area contributed by atoms with E-state index in [0.29, 0.717) is 40.3 Å². The first-order chi connectivity index (χ1) is 15.6. The Morgan fingerprint density at radius 3 is 2.34 bits per heavy atom. The van der Waals surface area contributed by atoms with E-state index in [9.17, 15) is 0 Å². The average molecular weight is 453 g/mol. The van der Waals surface area contributed by atoms with E-state index < -0.39 is 0 Å². The minimum Gasteiger partial charge on any atom is -0.493 e. The van der Waals surface area contributed by atoms with Gasteiger partial charge < -0.3 is 23.6 Å². The van der Waals surface area contributed by atoms with Gasteiger partial charge in [-0.3, -0.25) is 0 Å². The van der Waals surface area contributed by atoms with Crippen LogP contribution in [-0.2, 0) is 12.2 Å². The second kappa shape index (κ2) is 9.78. The molecule has 0 spiro atoms. The maximum absolute atomic E-state index is 5.86. The molecule has 0 aliphatic rings. The summed E-state index contributed by atoms with van der Waals surface area (Å²) in [5.41, 5.74) is 4.00. The molecule has 0 bridgehead atoms. The Labute approximate surface area is 190 Å². The molecule has 0 unspecified atom stereocenters. The van der Waals surface area contributed by atoms with Gasteiger partial charge in [0.2, 0.25) is 17.5 Å². The number of benzene rings is 2. The Bertz CT molecular complexity index is 1160. The van der Waals surface area contributed by atoms with Crippen molar-refractivity contribution in [2.45, 2.75) is 24.3 Å². The summed E-state index contributed by atoms with van der Waals surface area (Å²) in [4.78, 5) is 8.05. The molecule has 4 rings (SSSR count). The molecule has 0 saturated heterocycles. The number of hydrogen-bond donors (Lipinski definition) is 1. The largest absolute Gasteiger partial charge is 0.493 e. The fourth-order valence-electron chi connectivity index (χ4n) is 3.26. The van der Waals surface area contributed by atoms with Crippen LogP contribution in [0.4, 0.5) is 0 Å². The molecule has 0 saturated carbocycles. The maximum atomic E-state index is 5.86. The van der Waals surface area contributed by atoms with Crippen molar-refractivity contribution in [3.8, 4) is 28.7 Å². The van der Waals surface area contributed by atoms with Crippen LogP contribution in [0, 0.1) is 6.92 Å². The zero-order valence-electron chi connectivity index (χ0n) is 18.3. The van der Waals surface area contributed by atoms with Gasteiger partial charge in [-0.15, -0.1) is 10.2 Å². The van der Waals surface area contributed by atoms with Gasteiger partial charge in [-0.25, -0.2) is 4.98 Å². The van der Waals surface area contributed by atoms with Crippen LogP contribution in [0.5, 0.6) is 17.2 Å². The number of rotatable bonds is 9. The summed E-state index contributed by atoms with van der Waals surface area (Å²) in [6.07, 6.45) is 0.787. The van der Waals surface area contributed by atoms with Gasteiger partial charge in [-0.1, -0.05) is 42.1 Å². The van der Waals surface area contributed by atoms with Crippen LogP contribution in [0.25, 0.3) is 11.5 Å². The molecule has 2 heterocycles. The second-order valence-electron chi connectivity index (χ2n) is 6.98. The van der Waals surface area contributed by atoms with Crippen molar-refractivity contribution in [3.63, 3.8) is 0 Å². The van der Waals surface area contributed by atoms with Crippen molar-refractivity contribution >= 4 is 11.8 Å². The van der Waals surface area contributed by atoms with Crippen LogP contribution in [0.1, 0.15) is 22.8 Å². The molecule has 8 nitrogen and oxygen atoms in total. The Morgan fingerprint density at radius 1 is 0.969 bits per heavy atom. The number of thioether (sulfide) groups is 1. The summed E-state index contributed by atoms with van der Waals surface area (Å²) >= 11 is 1.52. The second-order valence-corrected chi connectivity index (χ2v) is 7.94. The van der Waals surface area contributed by atoms with Crippen molar-refractivity contribution in [2.24, 2.45) is 0 Å². The third kappa shape index (κ3) is 4.72. The lowest BCUT2D eigenvalue weighted by Gasteiger charge is -2.12. The summed E-state index contributed by atoms with van der Waals surface area (Å²) in [7, 11) is 4.69. The summed E-state index contributed by atoms with van der Waals surface area (Å²) in [5, 5.41) is 9.16. The number of methoxy groups -OCH3 is 3. The van der Waals surface area contributed by atoms with Crippen molar-refractivity contribution in [3.05, 3.63) is 65.3 Å². The van der Waals surface area contributed by atoms with E-state index in [1.807, 2.05) is 25.1 Å². The van der Waals surface area contributed by atoms with E-state index >= 15 is 0 Å². The smallest absolute Gasteiger partial charge is 0.248 e. The predicted molar refractivity (Wildman–Crippen MR) is 122 cm³/mol. The standard InChI is InChI=1S/C23H24N4O4S/c1-14-17(10-15-8-6-5-7-9-15)25-23(24-14)32-13-20-26-27-22(31-20)16-11-18(28-2)21(30-4)19(12-16)29-3/h5-9,11-12H,10,13H2,1-4H3,(H,24,25). The van der Waals surface area contributed by atoms with E-state index in [2.05, 4.69) is 27.3 Å². The third-order valence-electron chi connectivity index (χ3n) is 4.89. The van der Waals surface area contributed by atoms with Crippen LogP contribution in [0.2, 0.25) is 0 Å². The Balaban J connectivity index is 1.46. The maximum Gasteiger partial charge on any atom is 0.248 e. The molecule has 0 atom stereocenters. The first-order valence-electron chi connectivity index (χ1n) is 9.96. The quantitative estimate of drug-likeness (QED) is 0.366. The number of ether oxygens (including phenoxy) is 3. The molecule has 9 heteroatoms. The Kier molecular flexibility index (Phi) is 6.65. The summed E-state index contributed by atoms with van der Waals surface area (Å²) in [5.74, 6) is 2.92. The molecular weight excluding hydrogens is 428 g/mol. The molecular formula is C23H24N4O4S. The topological polar surface area (TPSA) is 95.3 Å². The molecule has 0 fully saturated rings. The van der Waals surface area contributed by atoms with Crippen molar-refractivity contribution < 1.29 is 18.6 Å². The summed E-state index contributed by atoms with van der Waals surface area (Å²) in [6, 6.07) is 13.8. The van der Waals surface area contributed by atoms with Crippen LogP contribution < -0.4 is 14.2 Å². The first-order valence-corrected chi connectivity index (χ1v) is 10.9. The predicted octanol–water partition coefficient (Wildman–Crippen LogP) is 4.68. The molecule has 0 aliphatic carbocycles. The van der Waals surface area contributed by atoms with E-state index in [4.69, 9.17) is 23.6 Å². The van der Waals surface area contributed by atoms with Crippen LogP contribution >= 0.6 is 11.8 Å². The summed E-state index contributed by atoms with van der Waals surface area (Å²) < 4.78 is 22.0. The number of nitrogens with zero attached hydrogens (tertiary/aromatic N) is 3. The number of imidazole rings is 1. The number of aromatic nitrogens is 4. The Hall–Kier alpha value is -3.46. The molecule has 32 heavy (non-hydrogen) atoms. The van der Waals surface area contributed by atoms with Gasteiger partial charge in [0, 0.05) is 17.7 Å². The zero-order chi connectivity index (χ0) is 22.5. The van der Waals surface area contributed by atoms with Gasteiger partial charge >= 0.3 is 0 Å².